The van der Waals surface area contributed by atoms with Crippen LogP contribution in [-0.4, -0.2) is 32.5 Å². The number of thiophene rings is 1. The van der Waals surface area contributed by atoms with E-state index < -0.39 is 0 Å². The van der Waals surface area contributed by atoms with E-state index in [-0.39, 0.29) is 35.3 Å². The number of amides is 1. The van der Waals surface area contributed by atoms with Crippen molar-refractivity contribution in [3.8, 4) is 0 Å². The Morgan fingerprint density at radius 3 is 2.38 bits per heavy atom. The van der Waals surface area contributed by atoms with Gasteiger partial charge in [-0.1, -0.05) is 32.0 Å². The molecule has 0 aliphatic rings. The van der Waals surface area contributed by atoms with Crippen LogP contribution in [0.5, 0.6) is 0 Å². The molecule has 1 aromatic heterocycles. The lowest BCUT2D eigenvalue weighted by Crippen LogP contribution is -2.42. The first-order valence-electron chi connectivity index (χ1n) is 8.26. The summed E-state index contributed by atoms with van der Waals surface area (Å²) in [6, 6.07) is 11.8. The Balaban J connectivity index is 0.00000338. The molecule has 142 valence electrons. The topological polar surface area (TPSA) is 65.5 Å². The minimum Gasteiger partial charge on any atom is -0.356 e. The van der Waals surface area contributed by atoms with E-state index in [1.54, 1.807) is 25.4 Å². The Bertz CT molecular complexity index is 712. The predicted molar refractivity (Wildman–Crippen MR) is 121 cm³/mol. The second-order valence-electron chi connectivity index (χ2n) is 6.42. The zero-order valence-electron chi connectivity index (χ0n) is 15.6. The number of carbonyl (C=O) groups is 1. The molecule has 2 rings (SSSR count). The molecule has 0 spiro atoms. The van der Waals surface area contributed by atoms with Crippen molar-refractivity contribution in [2.45, 2.75) is 25.8 Å². The summed E-state index contributed by atoms with van der Waals surface area (Å²) in [6.07, 6.45) is 0. The molecule has 0 fully saturated rings. The molecule has 0 bridgehead atoms. The summed E-state index contributed by atoms with van der Waals surface area (Å²) in [5.74, 6) is 0.688. The van der Waals surface area contributed by atoms with Gasteiger partial charge in [0.25, 0.3) is 5.91 Å². The van der Waals surface area contributed by atoms with E-state index in [0.717, 1.165) is 18.1 Å². The Kier molecular flexibility index (Phi) is 9.07. The summed E-state index contributed by atoms with van der Waals surface area (Å²) < 4.78 is 0. The van der Waals surface area contributed by atoms with Crippen LogP contribution in [0.15, 0.2) is 46.8 Å². The number of carbonyl (C=O) groups excluding carboxylic acids is 1. The molecular formula is C19H27IN4OS. The fourth-order valence-corrected chi connectivity index (χ4v) is 3.23. The van der Waals surface area contributed by atoms with E-state index in [1.807, 2.05) is 24.3 Å². The molecular weight excluding hydrogens is 459 g/mol. The predicted octanol–water partition coefficient (Wildman–Crippen LogP) is 3.37. The highest BCUT2D eigenvalue weighted by atomic mass is 127. The molecule has 3 N–H and O–H groups in total. The number of nitrogens with zero attached hydrogens (tertiary/aromatic N) is 1. The van der Waals surface area contributed by atoms with Crippen LogP contribution >= 0.6 is 35.3 Å². The van der Waals surface area contributed by atoms with Gasteiger partial charge in [-0.25, -0.2) is 0 Å². The number of halogens is 1. The van der Waals surface area contributed by atoms with E-state index >= 15 is 0 Å². The standard InChI is InChI=1S/C19H26N4OS.HI/c1-19(2,16-6-5-11-25-16)13-23-18(21-4)22-12-14-7-9-15(10-8-14)17(24)20-3;/h5-11H,12-13H2,1-4H3,(H,20,24)(H2,21,22,23);1H. The third kappa shape index (κ3) is 6.28. The van der Waals surface area contributed by atoms with Gasteiger partial charge in [-0.05, 0) is 29.1 Å². The zero-order valence-corrected chi connectivity index (χ0v) is 18.8. The molecule has 1 amide bonds. The van der Waals surface area contributed by atoms with Crippen molar-refractivity contribution in [2.75, 3.05) is 20.6 Å². The van der Waals surface area contributed by atoms with E-state index in [4.69, 9.17) is 0 Å². The van der Waals surface area contributed by atoms with Gasteiger partial charge in [-0.15, -0.1) is 35.3 Å². The first-order valence-corrected chi connectivity index (χ1v) is 9.14. The van der Waals surface area contributed by atoms with Crippen LogP contribution in [0, 0.1) is 0 Å². The summed E-state index contributed by atoms with van der Waals surface area (Å²) in [7, 11) is 3.40. The van der Waals surface area contributed by atoms with Crippen LogP contribution in [0.3, 0.4) is 0 Å². The highest BCUT2D eigenvalue weighted by Crippen LogP contribution is 2.26. The SMILES string of the molecule is CN=C(NCc1ccc(C(=O)NC)cc1)NCC(C)(C)c1cccs1.I. The normalized spacial score (nSPS) is 11.5. The number of nitrogens with one attached hydrogen (secondary N) is 3. The molecule has 0 saturated carbocycles. The van der Waals surface area contributed by atoms with Crippen molar-refractivity contribution in [3.05, 3.63) is 57.8 Å². The Labute approximate surface area is 176 Å². The summed E-state index contributed by atoms with van der Waals surface area (Å²) >= 11 is 1.77. The smallest absolute Gasteiger partial charge is 0.251 e. The number of guanidine groups is 1. The highest BCUT2D eigenvalue weighted by molar-refractivity contribution is 14.0. The maximum atomic E-state index is 11.6. The molecule has 0 aliphatic heterocycles. The van der Waals surface area contributed by atoms with Gasteiger partial charge in [0.2, 0.25) is 0 Å². The van der Waals surface area contributed by atoms with Crippen molar-refractivity contribution in [1.29, 1.82) is 0 Å². The van der Waals surface area contributed by atoms with Crippen LogP contribution in [0.25, 0.3) is 0 Å². The van der Waals surface area contributed by atoms with Gasteiger partial charge in [0, 0.05) is 43.0 Å². The van der Waals surface area contributed by atoms with Gasteiger partial charge in [0.1, 0.15) is 0 Å². The number of rotatable bonds is 6. The van der Waals surface area contributed by atoms with E-state index in [2.05, 4.69) is 52.3 Å². The second kappa shape index (κ2) is 10.5. The first kappa shape index (κ1) is 22.4. The van der Waals surface area contributed by atoms with Gasteiger partial charge in [-0.3, -0.25) is 9.79 Å². The van der Waals surface area contributed by atoms with Gasteiger partial charge in [-0.2, -0.15) is 0 Å². The fourth-order valence-electron chi connectivity index (χ4n) is 2.38. The van der Waals surface area contributed by atoms with Crippen LogP contribution in [-0.2, 0) is 12.0 Å². The van der Waals surface area contributed by atoms with Crippen molar-refractivity contribution >= 4 is 47.2 Å². The number of aliphatic imine (C=N–C) groups is 1. The monoisotopic (exact) mass is 486 g/mol. The van der Waals surface area contributed by atoms with E-state index in [9.17, 15) is 4.79 Å². The van der Waals surface area contributed by atoms with Crippen molar-refractivity contribution in [2.24, 2.45) is 4.99 Å². The van der Waals surface area contributed by atoms with Crippen LogP contribution < -0.4 is 16.0 Å². The molecule has 7 heteroatoms. The molecule has 0 radical (unpaired) electrons. The Morgan fingerprint density at radius 2 is 1.85 bits per heavy atom. The number of hydrogen-bond donors (Lipinski definition) is 3. The Morgan fingerprint density at radius 1 is 1.15 bits per heavy atom. The van der Waals surface area contributed by atoms with Gasteiger partial charge in [0.15, 0.2) is 5.96 Å². The highest BCUT2D eigenvalue weighted by Gasteiger charge is 2.21. The van der Waals surface area contributed by atoms with Crippen molar-refractivity contribution in [3.63, 3.8) is 0 Å². The molecule has 0 aliphatic carbocycles. The summed E-state index contributed by atoms with van der Waals surface area (Å²) in [4.78, 5) is 17.2. The minimum atomic E-state index is -0.0761. The van der Waals surface area contributed by atoms with Crippen molar-refractivity contribution in [1.82, 2.24) is 16.0 Å². The lowest BCUT2D eigenvalue weighted by molar-refractivity contribution is 0.0963. The average Bonchev–Trinajstić information content (AvgIpc) is 3.17. The zero-order chi connectivity index (χ0) is 18.3. The third-order valence-corrected chi connectivity index (χ3v) is 5.25. The number of benzene rings is 1. The Hall–Kier alpha value is -1.61. The lowest BCUT2D eigenvalue weighted by Gasteiger charge is -2.25. The molecule has 26 heavy (non-hydrogen) atoms. The number of hydrogen-bond acceptors (Lipinski definition) is 3. The van der Waals surface area contributed by atoms with Gasteiger partial charge in [0.05, 0.1) is 0 Å². The first-order chi connectivity index (χ1) is 12.0. The minimum absolute atomic E-state index is 0. The largest absolute Gasteiger partial charge is 0.356 e. The quantitative estimate of drug-likeness (QED) is 0.333. The van der Waals surface area contributed by atoms with Gasteiger partial charge >= 0.3 is 0 Å². The van der Waals surface area contributed by atoms with Crippen LogP contribution in [0.1, 0.15) is 34.6 Å². The summed E-state index contributed by atoms with van der Waals surface area (Å²) in [5.41, 5.74) is 1.79. The van der Waals surface area contributed by atoms with Crippen LogP contribution in [0.4, 0.5) is 0 Å². The lowest BCUT2D eigenvalue weighted by atomic mass is 9.91. The van der Waals surface area contributed by atoms with E-state index in [0.29, 0.717) is 12.1 Å². The van der Waals surface area contributed by atoms with Gasteiger partial charge < -0.3 is 16.0 Å². The van der Waals surface area contributed by atoms with E-state index in [1.165, 1.54) is 4.88 Å². The summed E-state index contributed by atoms with van der Waals surface area (Å²) in [5, 5.41) is 11.4. The van der Waals surface area contributed by atoms with Crippen molar-refractivity contribution < 1.29 is 4.79 Å². The molecule has 0 unspecified atom stereocenters. The maximum absolute atomic E-state index is 11.6. The molecule has 0 atom stereocenters. The summed E-state index contributed by atoms with van der Waals surface area (Å²) in [6.45, 7) is 5.88. The third-order valence-electron chi connectivity index (χ3n) is 4.01. The molecule has 1 aromatic carbocycles. The van der Waals surface area contributed by atoms with Crippen LogP contribution in [0.2, 0.25) is 0 Å². The fraction of sp³-hybridized carbons (Fsp3) is 0.368. The molecule has 0 saturated heterocycles. The molecule has 5 nitrogen and oxygen atoms in total. The maximum Gasteiger partial charge on any atom is 0.251 e. The average molecular weight is 486 g/mol. The second-order valence-corrected chi connectivity index (χ2v) is 7.36. The molecule has 2 aromatic rings. The molecule has 1 heterocycles.